The van der Waals surface area contributed by atoms with E-state index < -0.39 is 10.8 Å². The number of hydrogen-bond acceptors (Lipinski definition) is 7. The molecule has 0 radical (unpaired) electrons. The number of aromatic nitrogens is 3. The summed E-state index contributed by atoms with van der Waals surface area (Å²) < 4.78 is 11.4. The van der Waals surface area contributed by atoms with Gasteiger partial charge < -0.3 is 16.0 Å². The van der Waals surface area contributed by atoms with E-state index in [1.807, 2.05) is 18.7 Å². The summed E-state index contributed by atoms with van der Waals surface area (Å²) in [6, 6.07) is 0.263. The van der Waals surface area contributed by atoms with Crippen LogP contribution in [0.3, 0.4) is 0 Å². The van der Waals surface area contributed by atoms with Gasteiger partial charge in [-0.1, -0.05) is 0 Å². The van der Waals surface area contributed by atoms with Crippen LogP contribution in [0.15, 0.2) is 0 Å². The first-order valence-corrected chi connectivity index (χ1v) is 8.49. The van der Waals surface area contributed by atoms with Crippen molar-refractivity contribution in [3.05, 3.63) is 0 Å². The monoisotopic (exact) mass is 298 g/mol. The Bertz CT molecular complexity index is 469. The summed E-state index contributed by atoms with van der Waals surface area (Å²) in [7, 11) is -0.664. The lowest BCUT2D eigenvalue weighted by Gasteiger charge is -2.23. The van der Waals surface area contributed by atoms with Gasteiger partial charge in [0.25, 0.3) is 0 Å². The van der Waals surface area contributed by atoms with Crippen LogP contribution < -0.4 is 16.0 Å². The lowest BCUT2D eigenvalue weighted by molar-refractivity contribution is 0.620. The first kappa shape index (κ1) is 15.0. The molecule has 0 aromatic carbocycles. The van der Waals surface area contributed by atoms with Crippen molar-refractivity contribution in [2.24, 2.45) is 0 Å². The number of rotatable bonds is 5. The largest absolute Gasteiger partial charge is 0.368 e. The predicted molar refractivity (Wildman–Crippen MR) is 82.3 cm³/mol. The third kappa shape index (κ3) is 3.78. The number of nitrogens with two attached hydrogens (primary N) is 1. The summed E-state index contributed by atoms with van der Waals surface area (Å²) in [5, 5.41) is 3.28. The lowest BCUT2D eigenvalue weighted by Crippen LogP contribution is -2.31. The van der Waals surface area contributed by atoms with E-state index in [-0.39, 0.29) is 12.0 Å². The molecule has 0 spiro atoms. The second kappa shape index (κ2) is 6.83. The van der Waals surface area contributed by atoms with Gasteiger partial charge in [-0.2, -0.15) is 15.0 Å². The molecule has 0 amide bonds. The Morgan fingerprint density at radius 3 is 2.50 bits per heavy atom. The Labute approximate surface area is 121 Å². The Balaban J connectivity index is 2.09. The van der Waals surface area contributed by atoms with Gasteiger partial charge in [0.2, 0.25) is 17.8 Å². The van der Waals surface area contributed by atoms with Crippen molar-refractivity contribution < 1.29 is 4.21 Å². The highest BCUT2D eigenvalue weighted by atomic mass is 32.2. The second-order valence-electron chi connectivity index (χ2n) is 4.76. The molecule has 1 aromatic heterocycles. The SMILES string of the molecule is CCN(CC)c1nc(N)nc(NC2CCS(=O)CC2)n1. The van der Waals surface area contributed by atoms with E-state index in [0.717, 1.165) is 37.4 Å². The number of nitrogens with one attached hydrogen (secondary N) is 1. The van der Waals surface area contributed by atoms with Gasteiger partial charge in [0.1, 0.15) is 0 Å². The molecule has 0 atom stereocenters. The van der Waals surface area contributed by atoms with E-state index in [1.54, 1.807) is 0 Å². The summed E-state index contributed by atoms with van der Waals surface area (Å²) in [6.45, 7) is 5.74. The Kier molecular flexibility index (Phi) is 5.11. The lowest BCUT2D eigenvalue weighted by atomic mass is 10.2. The van der Waals surface area contributed by atoms with E-state index in [0.29, 0.717) is 11.9 Å². The van der Waals surface area contributed by atoms with Crippen LogP contribution in [-0.2, 0) is 10.8 Å². The van der Waals surface area contributed by atoms with E-state index in [4.69, 9.17) is 5.73 Å². The second-order valence-corrected chi connectivity index (χ2v) is 6.45. The van der Waals surface area contributed by atoms with Crippen molar-refractivity contribution in [1.29, 1.82) is 0 Å². The van der Waals surface area contributed by atoms with Gasteiger partial charge in [-0.3, -0.25) is 4.21 Å². The smallest absolute Gasteiger partial charge is 0.231 e. The molecule has 1 aliphatic heterocycles. The Morgan fingerprint density at radius 2 is 1.90 bits per heavy atom. The minimum Gasteiger partial charge on any atom is -0.368 e. The summed E-state index contributed by atoms with van der Waals surface area (Å²) in [5.74, 6) is 2.81. The Morgan fingerprint density at radius 1 is 1.25 bits per heavy atom. The maximum atomic E-state index is 11.4. The topological polar surface area (TPSA) is 97.0 Å². The zero-order valence-corrected chi connectivity index (χ0v) is 12.8. The van der Waals surface area contributed by atoms with Crippen LogP contribution in [-0.4, -0.2) is 49.8 Å². The normalized spacial score (nSPS) is 22.5. The Hall–Kier alpha value is -1.44. The van der Waals surface area contributed by atoms with Crippen molar-refractivity contribution in [3.63, 3.8) is 0 Å². The molecule has 2 rings (SSSR count). The molecule has 8 heteroatoms. The molecule has 1 saturated heterocycles. The van der Waals surface area contributed by atoms with Gasteiger partial charge in [0.05, 0.1) is 0 Å². The first-order chi connectivity index (χ1) is 9.62. The summed E-state index contributed by atoms with van der Waals surface area (Å²) >= 11 is 0. The number of hydrogen-bond donors (Lipinski definition) is 2. The molecule has 20 heavy (non-hydrogen) atoms. The van der Waals surface area contributed by atoms with Crippen molar-refractivity contribution in [2.45, 2.75) is 32.7 Å². The first-order valence-electron chi connectivity index (χ1n) is 7.00. The van der Waals surface area contributed by atoms with Gasteiger partial charge in [-0.05, 0) is 26.7 Å². The molecule has 0 aliphatic carbocycles. The minimum absolute atomic E-state index is 0.226. The molecule has 112 valence electrons. The van der Waals surface area contributed by atoms with Gasteiger partial charge >= 0.3 is 0 Å². The van der Waals surface area contributed by atoms with Crippen LogP contribution in [0.2, 0.25) is 0 Å². The molecule has 0 unspecified atom stereocenters. The van der Waals surface area contributed by atoms with Crippen molar-refractivity contribution in [2.75, 3.05) is 40.5 Å². The maximum Gasteiger partial charge on any atom is 0.231 e. The predicted octanol–water partition coefficient (Wildman–Crippen LogP) is 0.623. The fourth-order valence-corrected chi connectivity index (χ4v) is 3.51. The zero-order chi connectivity index (χ0) is 14.5. The standard InChI is InChI=1S/C12H22N6OS/c1-3-18(4-2)12-16-10(13)15-11(17-12)14-9-5-7-20(19)8-6-9/h9H,3-8H2,1-2H3,(H3,13,14,15,16,17). The van der Waals surface area contributed by atoms with E-state index in [9.17, 15) is 4.21 Å². The molecule has 2 heterocycles. The fraction of sp³-hybridized carbons (Fsp3) is 0.750. The number of nitrogen functional groups attached to an aromatic ring is 1. The van der Waals surface area contributed by atoms with Crippen LogP contribution in [0.5, 0.6) is 0 Å². The number of nitrogens with zero attached hydrogens (tertiary/aromatic N) is 4. The van der Waals surface area contributed by atoms with Crippen LogP contribution in [0.25, 0.3) is 0 Å². The molecule has 3 N–H and O–H groups in total. The summed E-state index contributed by atoms with van der Waals surface area (Å²) in [6.07, 6.45) is 1.75. The van der Waals surface area contributed by atoms with Crippen molar-refractivity contribution >= 4 is 28.6 Å². The van der Waals surface area contributed by atoms with Crippen LogP contribution in [0, 0.1) is 0 Å². The minimum atomic E-state index is -0.664. The molecular weight excluding hydrogens is 276 g/mol. The van der Waals surface area contributed by atoms with Crippen LogP contribution >= 0.6 is 0 Å². The van der Waals surface area contributed by atoms with Crippen molar-refractivity contribution in [1.82, 2.24) is 15.0 Å². The van der Waals surface area contributed by atoms with E-state index in [1.165, 1.54) is 0 Å². The van der Waals surface area contributed by atoms with Crippen LogP contribution in [0.4, 0.5) is 17.8 Å². The molecule has 7 nitrogen and oxygen atoms in total. The average Bonchev–Trinajstić information content (AvgIpc) is 2.42. The van der Waals surface area contributed by atoms with Gasteiger partial charge in [0.15, 0.2) is 0 Å². The zero-order valence-electron chi connectivity index (χ0n) is 12.0. The average molecular weight is 298 g/mol. The van der Waals surface area contributed by atoms with E-state index in [2.05, 4.69) is 20.3 Å². The molecular formula is C12H22N6OS. The number of anilines is 3. The highest BCUT2D eigenvalue weighted by molar-refractivity contribution is 7.85. The maximum absolute atomic E-state index is 11.4. The highest BCUT2D eigenvalue weighted by Crippen LogP contribution is 2.16. The fourth-order valence-electron chi connectivity index (χ4n) is 2.21. The highest BCUT2D eigenvalue weighted by Gasteiger charge is 2.19. The molecule has 1 fully saturated rings. The van der Waals surface area contributed by atoms with Gasteiger partial charge in [-0.15, -0.1) is 0 Å². The molecule has 0 bridgehead atoms. The van der Waals surface area contributed by atoms with Gasteiger partial charge in [-0.25, -0.2) is 0 Å². The quantitative estimate of drug-likeness (QED) is 0.822. The molecule has 1 aliphatic rings. The molecule has 0 saturated carbocycles. The summed E-state index contributed by atoms with van der Waals surface area (Å²) in [5.41, 5.74) is 5.76. The summed E-state index contributed by atoms with van der Waals surface area (Å²) in [4.78, 5) is 14.8. The third-order valence-corrected chi connectivity index (χ3v) is 4.79. The van der Waals surface area contributed by atoms with Gasteiger partial charge in [0, 0.05) is 41.4 Å². The molecule has 1 aromatic rings. The van der Waals surface area contributed by atoms with E-state index >= 15 is 0 Å². The van der Waals surface area contributed by atoms with Crippen LogP contribution in [0.1, 0.15) is 26.7 Å². The van der Waals surface area contributed by atoms with Crippen molar-refractivity contribution in [3.8, 4) is 0 Å². The third-order valence-electron chi connectivity index (χ3n) is 3.41.